The number of aliphatic hydroxyl groups is 1. The molecular weight excluding hydrogens is 232 g/mol. The number of hydrogen-bond donors (Lipinski definition) is 2. The molecule has 0 radical (unpaired) electrons. The first-order valence-corrected chi connectivity index (χ1v) is 5.68. The van der Waals surface area contributed by atoms with E-state index in [9.17, 15) is 4.79 Å². The molecule has 0 unspecified atom stereocenters. The standard InChI is InChI=1S/C12H14N4O2/c17-8-4-7-13-12(18)11-9-16(15-14-11)10-5-2-1-3-6-10/h1-3,5-6,9,17H,4,7-8H2,(H,13,18). The third-order valence-electron chi connectivity index (χ3n) is 2.37. The van der Waals surface area contributed by atoms with E-state index in [4.69, 9.17) is 5.11 Å². The Kier molecular flexibility index (Phi) is 4.03. The monoisotopic (exact) mass is 246 g/mol. The maximum atomic E-state index is 11.7. The molecule has 6 heteroatoms. The molecule has 6 nitrogen and oxygen atoms in total. The largest absolute Gasteiger partial charge is 0.396 e. The maximum Gasteiger partial charge on any atom is 0.273 e. The summed E-state index contributed by atoms with van der Waals surface area (Å²) in [6.07, 6.45) is 2.10. The van der Waals surface area contributed by atoms with Gasteiger partial charge in [0.15, 0.2) is 5.69 Å². The summed E-state index contributed by atoms with van der Waals surface area (Å²) in [5, 5.41) is 19.0. The van der Waals surface area contributed by atoms with E-state index in [0.29, 0.717) is 13.0 Å². The van der Waals surface area contributed by atoms with Crippen LogP contribution in [0.2, 0.25) is 0 Å². The lowest BCUT2D eigenvalue weighted by atomic mass is 10.3. The zero-order valence-corrected chi connectivity index (χ0v) is 9.78. The van der Waals surface area contributed by atoms with E-state index in [1.807, 2.05) is 30.3 Å². The van der Waals surface area contributed by atoms with Gasteiger partial charge < -0.3 is 10.4 Å². The summed E-state index contributed by atoms with van der Waals surface area (Å²) in [4.78, 5) is 11.7. The molecule has 94 valence electrons. The van der Waals surface area contributed by atoms with Crippen molar-refractivity contribution >= 4 is 5.91 Å². The van der Waals surface area contributed by atoms with Crippen LogP contribution in [0.1, 0.15) is 16.9 Å². The number of benzene rings is 1. The van der Waals surface area contributed by atoms with Crippen LogP contribution in [0.4, 0.5) is 0 Å². The Hall–Kier alpha value is -2.21. The highest BCUT2D eigenvalue weighted by Gasteiger charge is 2.10. The number of aromatic nitrogens is 3. The number of carbonyl (C=O) groups is 1. The van der Waals surface area contributed by atoms with Gasteiger partial charge >= 0.3 is 0 Å². The molecule has 0 spiro atoms. The molecule has 1 heterocycles. The van der Waals surface area contributed by atoms with E-state index in [2.05, 4.69) is 15.6 Å². The van der Waals surface area contributed by atoms with E-state index in [1.165, 1.54) is 0 Å². The minimum atomic E-state index is -0.286. The third-order valence-corrected chi connectivity index (χ3v) is 2.37. The van der Waals surface area contributed by atoms with Gasteiger partial charge in [-0.15, -0.1) is 5.10 Å². The summed E-state index contributed by atoms with van der Waals surface area (Å²) in [5.74, 6) is -0.286. The van der Waals surface area contributed by atoms with Crippen molar-refractivity contribution in [3.63, 3.8) is 0 Å². The van der Waals surface area contributed by atoms with Gasteiger partial charge in [0.05, 0.1) is 11.9 Å². The molecule has 0 fully saturated rings. The first-order chi connectivity index (χ1) is 8.81. The normalized spacial score (nSPS) is 10.3. The second-order valence-corrected chi connectivity index (χ2v) is 3.72. The molecule has 2 aromatic rings. The van der Waals surface area contributed by atoms with E-state index in [0.717, 1.165) is 5.69 Å². The van der Waals surface area contributed by atoms with Crippen LogP contribution in [0.3, 0.4) is 0 Å². The Bertz CT molecular complexity index is 510. The van der Waals surface area contributed by atoms with Crippen molar-refractivity contribution in [2.45, 2.75) is 6.42 Å². The zero-order valence-electron chi connectivity index (χ0n) is 9.78. The highest BCUT2D eigenvalue weighted by atomic mass is 16.3. The van der Waals surface area contributed by atoms with Gasteiger partial charge in [0.1, 0.15) is 0 Å². The van der Waals surface area contributed by atoms with E-state index >= 15 is 0 Å². The number of aliphatic hydroxyl groups excluding tert-OH is 1. The number of rotatable bonds is 5. The van der Waals surface area contributed by atoms with Crippen LogP contribution in [0, 0.1) is 0 Å². The lowest BCUT2D eigenvalue weighted by molar-refractivity contribution is 0.0946. The molecule has 1 amide bonds. The summed E-state index contributed by atoms with van der Waals surface area (Å²) in [5.41, 5.74) is 1.11. The Morgan fingerprint density at radius 3 is 2.83 bits per heavy atom. The van der Waals surface area contributed by atoms with Crippen molar-refractivity contribution in [2.75, 3.05) is 13.2 Å². The first-order valence-electron chi connectivity index (χ1n) is 5.68. The fourth-order valence-corrected chi connectivity index (χ4v) is 1.45. The maximum absolute atomic E-state index is 11.7. The Morgan fingerprint density at radius 2 is 2.11 bits per heavy atom. The van der Waals surface area contributed by atoms with Gasteiger partial charge in [-0.3, -0.25) is 4.79 Å². The van der Waals surface area contributed by atoms with Gasteiger partial charge in [0, 0.05) is 13.2 Å². The first kappa shape index (κ1) is 12.3. The lowest BCUT2D eigenvalue weighted by Gasteiger charge is -2.00. The van der Waals surface area contributed by atoms with Crippen molar-refractivity contribution in [3.05, 3.63) is 42.2 Å². The molecule has 0 saturated heterocycles. The molecule has 0 aliphatic heterocycles. The third kappa shape index (κ3) is 2.92. The summed E-state index contributed by atoms with van der Waals surface area (Å²) in [6, 6.07) is 9.43. The van der Waals surface area contributed by atoms with Crippen LogP contribution in [0.15, 0.2) is 36.5 Å². The van der Waals surface area contributed by atoms with E-state index in [1.54, 1.807) is 10.9 Å². The quantitative estimate of drug-likeness (QED) is 0.747. The Labute approximate surface area is 104 Å². The number of hydrogen-bond acceptors (Lipinski definition) is 4. The average molecular weight is 246 g/mol. The van der Waals surface area contributed by atoms with Gasteiger partial charge in [-0.1, -0.05) is 23.4 Å². The number of carbonyl (C=O) groups excluding carboxylic acids is 1. The van der Waals surface area contributed by atoms with Crippen molar-refractivity contribution in [3.8, 4) is 5.69 Å². The van der Waals surface area contributed by atoms with Gasteiger partial charge in [-0.05, 0) is 18.6 Å². The molecule has 2 N–H and O–H groups in total. The molecule has 0 saturated carbocycles. The van der Waals surface area contributed by atoms with E-state index < -0.39 is 0 Å². The molecule has 0 atom stereocenters. The molecule has 1 aromatic carbocycles. The lowest BCUT2D eigenvalue weighted by Crippen LogP contribution is -2.25. The van der Waals surface area contributed by atoms with Crippen molar-refractivity contribution in [2.24, 2.45) is 0 Å². The van der Waals surface area contributed by atoms with Crippen molar-refractivity contribution in [1.82, 2.24) is 20.3 Å². The summed E-state index contributed by atoms with van der Waals surface area (Å²) >= 11 is 0. The predicted octanol–water partition coefficient (Wildman–Crippen LogP) is 0.379. The van der Waals surface area contributed by atoms with Crippen molar-refractivity contribution < 1.29 is 9.90 Å². The summed E-state index contributed by atoms with van der Waals surface area (Å²) < 4.78 is 1.54. The fraction of sp³-hybridized carbons (Fsp3) is 0.250. The van der Waals surface area contributed by atoms with Gasteiger partial charge in [-0.2, -0.15) is 0 Å². The van der Waals surface area contributed by atoms with Crippen molar-refractivity contribution in [1.29, 1.82) is 0 Å². The zero-order chi connectivity index (χ0) is 12.8. The fourth-order valence-electron chi connectivity index (χ4n) is 1.45. The minimum absolute atomic E-state index is 0.0526. The van der Waals surface area contributed by atoms with E-state index in [-0.39, 0.29) is 18.2 Å². The molecule has 0 aliphatic rings. The summed E-state index contributed by atoms with van der Waals surface area (Å²) in [6.45, 7) is 0.477. The molecule has 2 rings (SSSR count). The number of nitrogens with zero attached hydrogens (tertiary/aromatic N) is 3. The molecular formula is C12H14N4O2. The molecule has 0 aliphatic carbocycles. The Balaban J connectivity index is 2.04. The minimum Gasteiger partial charge on any atom is -0.396 e. The second kappa shape index (κ2) is 5.92. The van der Waals surface area contributed by atoms with Gasteiger partial charge in [-0.25, -0.2) is 4.68 Å². The predicted molar refractivity (Wildman–Crippen MR) is 65.4 cm³/mol. The highest BCUT2D eigenvalue weighted by molar-refractivity contribution is 5.91. The SMILES string of the molecule is O=C(NCCCO)c1cn(-c2ccccc2)nn1. The summed E-state index contributed by atoms with van der Waals surface area (Å²) in [7, 11) is 0. The molecule has 1 aromatic heterocycles. The number of nitrogens with one attached hydrogen (secondary N) is 1. The molecule has 0 bridgehead atoms. The highest BCUT2D eigenvalue weighted by Crippen LogP contribution is 2.05. The topological polar surface area (TPSA) is 80.0 Å². The average Bonchev–Trinajstić information content (AvgIpc) is 2.89. The van der Waals surface area contributed by atoms with Crippen LogP contribution in [-0.4, -0.2) is 39.2 Å². The van der Waals surface area contributed by atoms with Crippen LogP contribution >= 0.6 is 0 Å². The van der Waals surface area contributed by atoms with Crippen LogP contribution in [0.25, 0.3) is 5.69 Å². The smallest absolute Gasteiger partial charge is 0.273 e. The van der Waals surface area contributed by atoms with Crippen LogP contribution < -0.4 is 5.32 Å². The van der Waals surface area contributed by atoms with Crippen LogP contribution in [0.5, 0.6) is 0 Å². The Morgan fingerprint density at radius 1 is 1.33 bits per heavy atom. The van der Waals surface area contributed by atoms with Gasteiger partial charge in [0.25, 0.3) is 5.91 Å². The van der Waals surface area contributed by atoms with Gasteiger partial charge in [0.2, 0.25) is 0 Å². The number of amides is 1. The van der Waals surface area contributed by atoms with Crippen LogP contribution in [-0.2, 0) is 0 Å². The second-order valence-electron chi connectivity index (χ2n) is 3.72. The number of para-hydroxylation sites is 1. The molecule has 18 heavy (non-hydrogen) atoms.